The minimum absolute atomic E-state index is 0.513. The first kappa shape index (κ1) is 6.09. The summed E-state index contributed by atoms with van der Waals surface area (Å²) in [6.07, 6.45) is 4.88. The predicted molar refractivity (Wildman–Crippen MR) is 33.9 cm³/mol. The largest absolute Gasteiger partial charge is 0.376 e. The summed E-state index contributed by atoms with van der Waals surface area (Å²) < 4.78 is 5.49. The van der Waals surface area contributed by atoms with Crippen LogP contribution in [0.25, 0.3) is 0 Å². The molecule has 1 aliphatic heterocycles. The standard InChI is InChI=1S/C7H14O/c1-6-4-3-5-7(2)8-6/h6-7H,3-5H2,1-2H3. The van der Waals surface area contributed by atoms with Crippen LogP contribution in [0, 0.1) is 0 Å². The molecule has 1 rings (SSSR count). The van der Waals surface area contributed by atoms with Gasteiger partial charge in [0.1, 0.15) is 0 Å². The fraction of sp³-hybridized carbons (Fsp3) is 1.00. The fourth-order valence-corrected chi connectivity index (χ4v) is 1.23. The average Bonchev–Trinajstić information content (AvgIpc) is 1.64. The molecule has 0 amide bonds. The zero-order chi connectivity index (χ0) is 5.98. The smallest absolute Gasteiger partial charge is 0.0550 e. The van der Waals surface area contributed by atoms with Crippen molar-refractivity contribution in [2.24, 2.45) is 0 Å². The molecule has 1 heterocycles. The number of hydrogen-bond acceptors (Lipinski definition) is 1. The van der Waals surface area contributed by atoms with Crippen LogP contribution in [-0.2, 0) is 4.74 Å². The van der Waals surface area contributed by atoms with Crippen molar-refractivity contribution in [3.05, 3.63) is 0 Å². The van der Waals surface area contributed by atoms with Crippen LogP contribution in [0.15, 0.2) is 0 Å². The lowest BCUT2D eigenvalue weighted by molar-refractivity contribution is -0.0292. The summed E-state index contributed by atoms with van der Waals surface area (Å²) in [5.74, 6) is 0. The van der Waals surface area contributed by atoms with Crippen LogP contribution in [0.4, 0.5) is 0 Å². The van der Waals surface area contributed by atoms with Crippen LogP contribution in [-0.4, -0.2) is 12.2 Å². The summed E-state index contributed by atoms with van der Waals surface area (Å²) in [6.45, 7) is 4.30. The number of ether oxygens (including phenoxy) is 1. The van der Waals surface area contributed by atoms with Crippen molar-refractivity contribution in [3.8, 4) is 0 Å². The third-order valence-corrected chi connectivity index (χ3v) is 1.69. The molecule has 48 valence electrons. The second kappa shape index (κ2) is 2.49. The molecule has 2 atom stereocenters. The Bertz CT molecular complexity index is 62.8. The normalized spacial score (nSPS) is 39.8. The molecule has 8 heavy (non-hydrogen) atoms. The Kier molecular flexibility index (Phi) is 1.90. The molecule has 0 N–H and O–H groups in total. The van der Waals surface area contributed by atoms with E-state index in [4.69, 9.17) is 4.74 Å². The van der Waals surface area contributed by atoms with E-state index in [2.05, 4.69) is 13.8 Å². The van der Waals surface area contributed by atoms with Gasteiger partial charge in [-0.05, 0) is 33.1 Å². The molecule has 1 nitrogen and oxygen atoms in total. The minimum atomic E-state index is 0.513. The first-order chi connectivity index (χ1) is 3.79. The predicted octanol–water partition coefficient (Wildman–Crippen LogP) is 1.96. The van der Waals surface area contributed by atoms with Crippen LogP contribution in [0.2, 0.25) is 0 Å². The zero-order valence-corrected chi connectivity index (χ0v) is 5.68. The van der Waals surface area contributed by atoms with Crippen molar-refractivity contribution in [1.29, 1.82) is 0 Å². The monoisotopic (exact) mass is 114 g/mol. The van der Waals surface area contributed by atoms with Gasteiger partial charge < -0.3 is 4.74 Å². The topological polar surface area (TPSA) is 9.23 Å². The van der Waals surface area contributed by atoms with E-state index in [1.165, 1.54) is 19.3 Å². The lowest BCUT2D eigenvalue weighted by Gasteiger charge is -2.24. The van der Waals surface area contributed by atoms with Crippen LogP contribution in [0.5, 0.6) is 0 Å². The molecule has 0 aliphatic carbocycles. The van der Waals surface area contributed by atoms with E-state index in [1.54, 1.807) is 0 Å². The summed E-state index contributed by atoms with van der Waals surface area (Å²) in [4.78, 5) is 0. The summed E-state index contributed by atoms with van der Waals surface area (Å²) in [7, 11) is 0. The molecule has 0 aromatic carbocycles. The Hall–Kier alpha value is -0.0400. The highest BCUT2D eigenvalue weighted by atomic mass is 16.5. The van der Waals surface area contributed by atoms with Crippen molar-refractivity contribution >= 4 is 0 Å². The molecule has 1 heteroatoms. The van der Waals surface area contributed by atoms with E-state index in [9.17, 15) is 0 Å². The first-order valence-electron chi connectivity index (χ1n) is 3.44. The Morgan fingerprint density at radius 2 is 1.62 bits per heavy atom. The van der Waals surface area contributed by atoms with Crippen LogP contribution < -0.4 is 0 Å². The third kappa shape index (κ3) is 1.48. The Morgan fingerprint density at radius 3 is 1.88 bits per heavy atom. The zero-order valence-electron chi connectivity index (χ0n) is 5.68. The fourth-order valence-electron chi connectivity index (χ4n) is 1.23. The van der Waals surface area contributed by atoms with Gasteiger partial charge in [0.25, 0.3) is 0 Å². The molecular formula is C7H14O. The van der Waals surface area contributed by atoms with Gasteiger partial charge in [-0.2, -0.15) is 0 Å². The second-order valence-electron chi connectivity index (χ2n) is 2.69. The molecule has 0 aromatic heterocycles. The van der Waals surface area contributed by atoms with Crippen molar-refractivity contribution in [2.75, 3.05) is 0 Å². The van der Waals surface area contributed by atoms with Gasteiger partial charge in [-0.15, -0.1) is 0 Å². The van der Waals surface area contributed by atoms with Gasteiger partial charge in [0.05, 0.1) is 12.2 Å². The van der Waals surface area contributed by atoms with Crippen molar-refractivity contribution in [1.82, 2.24) is 0 Å². The molecule has 0 spiro atoms. The van der Waals surface area contributed by atoms with Crippen LogP contribution in [0.1, 0.15) is 33.1 Å². The van der Waals surface area contributed by atoms with Gasteiger partial charge in [0, 0.05) is 0 Å². The third-order valence-electron chi connectivity index (χ3n) is 1.69. The summed E-state index contributed by atoms with van der Waals surface area (Å²) >= 11 is 0. The lowest BCUT2D eigenvalue weighted by atomic mass is 10.1. The highest BCUT2D eigenvalue weighted by Crippen LogP contribution is 2.17. The Labute approximate surface area is 51.0 Å². The van der Waals surface area contributed by atoms with Crippen LogP contribution in [0.3, 0.4) is 0 Å². The molecule has 2 unspecified atom stereocenters. The van der Waals surface area contributed by atoms with Gasteiger partial charge in [-0.25, -0.2) is 0 Å². The van der Waals surface area contributed by atoms with E-state index in [0.29, 0.717) is 12.2 Å². The number of rotatable bonds is 0. The average molecular weight is 114 g/mol. The van der Waals surface area contributed by atoms with E-state index >= 15 is 0 Å². The minimum Gasteiger partial charge on any atom is -0.376 e. The van der Waals surface area contributed by atoms with Crippen LogP contribution >= 0.6 is 0 Å². The first-order valence-corrected chi connectivity index (χ1v) is 3.44. The molecule has 1 aliphatic rings. The molecule has 1 saturated heterocycles. The van der Waals surface area contributed by atoms with Gasteiger partial charge in [-0.3, -0.25) is 0 Å². The second-order valence-corrected chi connectivity index (χ2v) is 2.69. The highest BCUT2D eigenvalue weighted by molar-refractivity contribution is 4.63. The quantitative estimate of drug-likeness (QED) is 0.468. The van der Waals surface area contributed by atoms with E-state index in [1.807, 2.05) is 0 Å². The molecule has 0 aromatic rings. The molecule has 1 fully saturated rings. The highest BCUT2D eigenvalue weighted by Gasteiger charge is 2.13. The maximum atomic E-state index is 5.49. The summed E-state index contributed by atoms with van der Waals surface area (Å²) in [5, 5.41) is 0. The Morgan fingerprint density at radius 1 is 1.12 bits per heavy atom. The molecule has 0 saturated carbocycles. The Balaban J connectivity index is 2.23. The maximum absolute atomic E-state index is 5.49. The summed E-state index contributed by atoms with van der Waals surface area (Å²) in [5.41, 5.74) is 0. The molecular weight excluding hydrogens is 100 g/mol. The molecule has 0 radical (unpaired) electrons. The maximum Gasteiger partial charge on any atom is 0.0550 e. The van der Waals surface area contributed by atoms with Crippen molar-refractivity contribution in [2.45, 2.75) is 45.3 Å². The number of hydrogen-bond donors (Lipinski definition) is 0. The van der Waals surface area contributed by atoms with Gasteiger partial charge in [0.15, 0.2) is 0 Å². The van der Waals surface area contributed by atoms with Crippen molar-refractivity contribution in [3.63, 3.8) is 0 Å². The van der Waals surface area contributed by atoms with Crippen molar-refractivity contribution < 1.29 is 4.74 Å². The van der Waals surface area contributed by atoms with Gasteiger partial charge in [-0.1, -0.05) is 0 Å². The van der Waals surface area contributed by atoms with E-state index < -0.39 is 0 Å². The molecule has 0 bridgehead atoms. The lowest BCUT2D eigenvalue weighted by Crippen LogP contribution is -2.22. The van der Waals surface area contributed by atoms with E-state index in [-0.39, 0.29) is 0 Å². The summed E-state index contributed by atoms with van der Waals surface area (Å²) in [6, 6.07) is 0. The SMILES string of the molecule is CC1CCCC(C)O1. The van der Waals surface area contributed by atoms with E-state index in [0.717, 1.165) is 0 Å². The van der Waals surface area contributed by atoms with Gasteiger partial charge in [0.2, 0.25) is 0 Å². The van der Waals surface area contributed by atoms with Gasteiger partial charge >= 0.3 is 0 Å².